The molecule has 7 nitrogen and oxygen atoms in total. The SMILES string of the molecule is O=C(Nc1cccc(CNc2ccc([N+](=O)[O-])s2)c1)[C@H]1CCCO1. The largest absolute Gasteiger partial charge is 0.373 e. The van der Waals surface area contributed by atoms with Gasteiger partial charge in [-0.1, -0.05) is 12.1 Å². The number of benzene rings is 1. The lowest BCUT2D eigenvalue weighted by Crippen LogP contribution is -2.26. The van der Waals surface area contributed by atoms with E-state index in [0.717, 1.165) is 34.7 Å². The highest BCUT2D eigenvalue weighted by Crippen LogP contribution is 2.28. The van der Waals surface area contributed by atoms with E-state index in [1.807, 2.05) is 24.3 Å². The Morgan fingerprint density at radius 3 is 2.96 bits per heavy atom. The molecule has 0 bridgehead atoms. The number of carbonyl (C=O) groups is 1. The predicted octanol–water partition coefficient (Wildman–Crippen LogP) is 3.39. The highest BCUT2D eigenvalue weighted by atomic mass is 32.1. The number of nitrogens with one attached hydrogen (secondary N) is 2. The third-order valence-electron chi connectivity index (χ3n) is 3.66. The van der Waals surface area contributed by atoms with Crippen molar-refractivity contribution in [3.8, 4) is 0 Å². The van der Waals surface area contributed by atoms with Gasteiger partial charge in [0.05, 0.1) is 9.92 Å². The lowest BCUT2D eigenvalue weighted by Gasteiger charge is -2.11. The zero-order valence-electron chi connectivity index (χ0n) is 12.9. The summed E-state index contributed by atoms with van der Waals surface area (Å²) in [6, 6.07) is 10.7. The van der Waals surface area contributed by atoms with Crippen molar-refractivity contribution in [3.05, 3.63) is 52.1 Å². The molecule has 3 rings (SSSR count). The van der Waals surface area contributed by atoms with Crippen molar-refractivity contribution >= 4 is 32.9 Å². The third-order valence-corrected chi connectivity index (χ3v) is 4.65. The van der Waals surface area contributed by atoms with Crippen molar-refractivity contribution in [2.45, 2.75) is 25.5 Å². The summed E-state index contributed by atoms with van der Waals surface area (Å²) in [5.74, 6) is -0.119. The van der Waals surface area contributed by atoms with Crippen LogP contribution in [0, 0.1) is 10.1 Å². The van der Waals surface area contributed by atoms with Crippen LogP contribution in [0.5, 0.6) is 0 Å². The molecule has 1 saturated heterocycles. The van der Waals surface area contributed by atoms with Crippen LogP contribution in [0.2, 0.25) is 0 Å². The van der Waals surface area contributed by atoms with Crippen LogP contribution in [0.1, 0.15) is 18.4 Å². The molecule has 2 N–H and O–H groups in total. The summed E-state index contributed by atoms with van der Waals surface area (Å²) >= 11 is 1.10. The molecule has 1 aliphatic rings. The van der Waals surface area contributed by atoms with E-state index in [-0.39, 0.29) is 17.0 Å². The van der Waals surface area contributed by atoms with Crippen LogP contribution in [-0.2, 0) is 16.1 Å². The first-order valence-electron chi connectivity index (χ1n) is 7.61. The molecule has 0 saturated carbocycles. The molecule has 1 atom stereocenters. The van der Waals surface area contributed by atoms with Crippen molar-refractivity contribution in [2.24, 2.45) is 0 Å². The van der Waals surface area contributed by atoms with E-state index < -0.39 is 4.92 Å². The molecule has 1 aliphatic heterocycles. The van der Waals surface area contributed by atoms with Crippen molar-refractivity contribution in [3.63, 3.8) is 0 Å². The fourth-order valence-electron chi connectivity index (χ4n) is 2.48. The Morgan fingerprint density at radius 2 is 2.25 bits per heavy atom. The minimum Gasteiger partial charge on any atom is -0.373 e. The Morgan fingerprint density at radius 1 is 1.38 bits per heavy atom. The number of hydrogen-bond acceptors (Lipinski definition) is 6. The molecule has 24 heavy (non-hydrogen) atoms. The molecule has 0 radical (unpaired) electrons. The average Bonchev–Trinajstić information content (AvgIpc) is 3.25. The number of nitro groups is 1. The lowest BCUT2D eigenvalue weighted by molar-refractivity contribution is -0.380. The van der Waals surface area contributed by atoms with Gasteiger partial charge < -0.3 is 15.4 Å². The second-order valence-electron chi connectivity index (χ2n) is 5.44. The maximum atomic E-state index is 12.1. The topological polar surface area (TPSA) is 93.5 Å². The molecule has 2 aromatic rings. The Hall–Kier alpha value is -2.45. The van der Waals surface area contributed by atoms with E-state index in [4.69, 9.17) is 4.74 Å². The molecule has 1 aromatic heterocycles. The van der Waals surface area contributed by atoms with Crippen LogP contribution in [0.15, 0.2) is 36.4 Å². The summed E-state index contributed by atoms with van der Waals surface area (Å²) in [5, 5.41) is 17.5. The van der Waals surface area contributed by atoms with Crippen molar-refractivity contribution in [1.29, 1.82) is 0 Å². The molecule has 126 valence electrons. The fourth-order valence-corrected chi connectivity index (χ4v) is 3.19. The van der Waals surface area contributed by atoms with E-state index in [1.54, 1.807) is 6.07 Å². The standard InChI is InChI=1S/C16H17N3O4S/c20-16(13-5-2-8-23-13)18-12-4-1-3-11(9-12)10-17-14-6-7-15(24-14)19(21)22/h1,3-4,6-7,9,13,17H,2,5,8,10H2,(H,18,20)/t13-/m1/s1. The second-order valence-corrected chi connectivity index (χ2v) is 6.50. The molecule has 8 heteroatoms. The molecule has 0 unspecified atom stereocenters. The summed E-state index contributed by atoms with van der Waals surface area (Å²) in [4.78, 5) is 22.3. The van der Waals surface area contributed by atoms with Gasteiger partial charge in [-0.15, -0.1) is 0 Å². The molecular formula is C16H17N3O4S. The van der Waals surface area contributed by atoms with E-state index in [0.29, 0.717) is 18.8 Å². The van der Waals surface area contributed by atoms with Crippen molar-refractivity contribution in [1.82, 2.24) is 0 Å². The van der Waals surface area contributed by atoms with Gasteiger partial charge in [0.2, 0.25) is 0 Å². The Kier molecular flexibility index (Phi) is 5.07. The first-order valence-corrected chi connectivity index (χ1v) is 8.43. The maximum Gasteiger partial charge on any atom is 0.326 e. The Bertz CT molecular complexity index is 740. The van der Waals surface area contributed by atoms with Gasteiger partial charge >= 0.3 is 5.00 Å². The van der Waals surface area contributed by atoms with Gasteiger partial charge in [0.1, 0.15) is 6.10 Å². The number of rotatable bonds is 6. The summed E-state index contributed by atoms with van der Waals surface area (Å²) in [6.07, 6.45) is 1.30. The van der Waals surface area contributed by atoms with Gasteiger partial charge in [-0.3, -0.25) is 14.9 Å². The number of ether oxygens (including phenoxy) is 1. The van der Waals surface area contributed by atoms with E-state index in [9.17, 15) is 14.9 Å². The molecule has 2 heterocycles. The zero-order chi connectivity index (χ0) is 16.9. The van der Waals surface area contributed by atoms with E-state index >= 15 is 0 Å². The fraction of sp³-hybridized carbons (Fsp3) is 0.312. The summed E-state index contributed by atoms with van der Waals surface area (Å²) < 4.78 is 5.37. The molecule has 1 fully saturated rings. The van der Waals surface area contributed by atoms with Gasteiger partial charge in [0, 0.05) is 24.9 Å². The highest BCUT2D eigenvalue weighted by molar-refractivity contribution is 7.19. The summed E-state index contributed by atoms with van der Waals surface area (Å²) in [7, 11) is 0. The molecule has 1 amide bonds. The van der Waals surface area contributed by atoms with Gasteiger partial charge in [0.15, 0.2) is 0 Å². The molecule has 1 aromatic carbocycles. The lowest BCUT2D eigenvalue weighted by atomic mass is 10.2. The minimum atomic E-state index is -0.406. The quantitative estimate of drug-likeness (QED) is 0.617. The predicted molar refractivity (Wildman–Crippen MR) is 92.3 cm³/mol. The van der Waals surface area contributed by atoms with Crippen LogP contribution in [0.4, 0.5) is 15.7 Å². The first-order chi connectivity index (χ1) is 11.6. The van der Waals surface area contributed by atoms with Crippen LogP contribution < -0.4 is 10.6 Å². The number of anilines is 2. The smallest absolute Gasteiger partial charge is 0.326 e. The summed E-state index contributed by atoms with van der Waals surface area (Å²) in [6.45, 7) is 1.15. The molecule has 0 spiro atoms. The van der Waals surface area contributed by atoms with Gasteiger partial charge in [0.25, 0.3) is 5.91 Å². The second kappa shape index (κ2) is 7.41. The van der Waals surface area contributed by atoms with Gasteiger partial charge in [-0.2, -0.15) is 0 Å². The first kappa shape index (κ1) is 16.4. The zero-order valence-corrected chi connectivity index (χ0v) is 13.7. The van der Waals surface area contributed by atoms with Gasteiger partial charge in [-0.25, -0.2) is 0 Å². The van der Waals surface area contributed by atoms with Crippen molar-refractivity contribution < 1.29 is 14.5 Å². The number of nitrogens with zero attached hydrogens (tertiary/aromatic N) is 1. The minimum absolute atomic E-state index is 0.107. The van der Waals surface area contributed by atoms with E-state index in [2.05, 4.69) is 10.6 Å². The molecular weight excluding hydrogens is 330 g/mol. The van der Waals surface area contributed by atoms with Gasteiger partial charge in [-0.05, 0) is 47.9 Å². The van der Waals surface area contributed by atoms with Crippen LogP contribution in [-0.4, -0.2) is 23.5 Å². The van der Waals surface area contributed by atoms with Crippen LogP contribution >= 0.6 is 11.3 Å². The normalized spacial score (nSPS) is 16.8. The number of carbonyl (C=O) groups excluding carboxylic acids is 1. The average molecular weight is 347 g/mol. The maximum absolute atomic E-state index is 12.1. The highest BCUT2D eigenvalue weighted by Gasteiger charge is 2.23. The van der Waals surface area contributed by atoms with E-state index in [1.165, 1.54) is 6.07 Å². The van der Waals surface area contributed by atoms with Crippen LogP contribution in [0.25, 0.3) is 0 Å². The number of hydrogen-bond donors (Lipinski definition) is 2. The monoisotopic (exact) mass is 347 g/mol. The Balaban J connectivity index is 1.58. The summed E-state index contributed by atoms with van der Waals surface area (Å²) in [5.41, 5.74) is 1.68. The molecule has 0 aliphatic carbocycles. The van der Waals surface area contributed by atoms with Crippen molar-refractivity contribution in [2.75, 3.05) is 17.2 Å². The van der Waals surface area contributed by atoms with Crippen LogP contribution in [0.3, 0.4) is 0 Å². The number of amides is 1. The Labute approximate surface area is 142 Å². The third kappa shape index (κ3) is 4.09. The number of thiophene rings is 1.